The second kappa shape index (κ2) is 6.19. The van der Waals surface area contributed by atoms with Gasteiger partial charge in [0.1, 0.15) is 6.04 Å². The van der Waals surface area contributed by atoms with E-state index < -0.39 is 22.0 Å². The van der Waals surface area contributed by atoms with Crippen LogP contribution in [0.25, 0.3) is 10.9 Å². The predicted molar refractivity (Wildman–Crippen MR) is 91.4 cm³/mol. The van der Waals surface area contributed by atoms with E-state index in [0.717, 1.165) is 16.5 Å². The maximum absolute atomic E-state index is 11.9. The van der Waals surface area contributed by atoms with Gasteiger partial charge in [-0.25, -0.2) is 8.42 Å². The summed E-state index contributed by atoms with van der Waals surface area (Å²) in [4.78, 5) is 16.9. The molecule has 0 unspecified atom stereocenters. The van der Waals surface area contributed by atoms with Gasteiger partial charge in [-0.2, -0.15) is 4.31 Å². The molecule has 1 aliphatic rings. The Morgan fingerprint density at radius 2 is 1.92 bits per heavy atom. The highest BCUT2D eigenvalue weighted by Crippen LogP contribution is 2.30. The van der Waals surface area contributed by atoms with Crippen molar-refractivity contribution in [1.82, 2.24) is 14.2 Å². The van der Waals surface area contributed by atoms with Crippen LogP contribution in [0.4, 0.5) is 0 Å². The highest BCUT2D eigenvalue weighted by molar-refractivity contribution is 7.88. The lowest BCUT2D eigenvalue weighted by atomic mass is 10.0. The van der Waals surface area contributed by atoms with Gasteiger partial charge in [0.15, 0.2) is 0 Å². The predicted octanol–water partition coefficient (Wildman–Crippen LogP) is 1.18. The van der Waals surface area contributed by atoms with Gasteiger partial charge in [-0.3, -0.25) is 9.69 Å². The van der Waals surface area contributed by atoms with Crippen LogP contribution in [-0.4, -0.2) is 66.1 Å². The van der Waals surface area contributed by atoms with Crippen LogP contribution in [0.3, 0.4) is 0 Å². The second-order valence-corrected chi connectivity index (χ2v) is 8.21. The van der Waals surface area contributed by atoms with Gasteiger partial charge in [-0.05, 0) is 19.1 Å². The number of rotatable bonds is 4. The first-order valence-corrected chi connectivity index (χ1v) is 9.62. The summed E-state index contributed by atoms with van der Waals surface area (Å²) in [5.41, 5.74) is 2.68. The molecule has 1 saturated heterocycles. The minimum atomic E-state index is -3.24. The van der Waals surface area contributed by atoms with Crippen molar-refractivity contribution >= 4 is 26.9 Å². The first-order valence-electron chi connectivity index (χ1n) is 7.77. The molecule has 1 aliphatic heterocycles. The molecular weight excluding hydrogens is 330 g/mol. The number of aromatic amines is 1. The lowest BCUT2D eigenvalue weighted by molar-refractivity contribution is -0.144. The maximum Gasteiger partial charge on any atom is 0.325 e. The van der Waals surface area contributed by atoms with E-state index >= 15 is 0 Å². The Bertz CT molecular complexity index is 867. The van der Waals surface area contributed by atoms with Crippen LogP contribution in [0.2, 0.25) is 0 Å². The molecule has 1 aromatic heterocycles. The van der Waals surface area contributed by atoms with Crippen molar-refractivity contribution in [3.63, 3.8) is 0 Å². The molecule has 1 aromatic carbocycles. The summed E-state index contributed by atoms with van der Waals surface area (Å²) in [5, 5.41) is 10.7. The number of hydrogen-bond donors (Lipinski definition) is 2. The molecule has 2 aromatic rings. The van der Waals surface area contributed by atoms with Gasteiger partial charge in [0, 0.05) is 48.8 Å². The number of aliphatic carboxylic acids is 1. The molecule has 0 aliphatic carbocycles. The molecule has 7 nitrogen and oxygen atoms in total. The van der Waals surface area contributed by atoms with E-state index in [1.807, 2.05) is 30.0 Å². The number of carboxylic acids is 1. The third-order valence-electron chi connectivity index (χ3n) is 4.51. The Labute approximate surface area is 140 Å². The van der Waals surface area contributed by atoms with E-state index in [2.05, 4.69) is 4.98 Å². The van der Waals surface area contributed by atoms with Crippen LogP contribution in [0, 0.1) is 6.92 Å². The lowest BCUT2D eigenvalue weighted by Crippen LogP contribution is -2.50. The van der Waals surface area contributed by atoms with Gasteiger partial charge in [0.2, 0.25) is 10.0 Å². The quantitative estimate of drug-likeness (QED) is 0.863. The molecule has 1 fully saturated rings. The molecule has 3 rings (SSSR count). The third kappa shape index (κ3) is 3.17. The first-order chi connectivity index (χ1) is 11.3. The van der Waals surface area contributed by atoms with Gasteiger partial charge in [0.05, 0.1) is 6.26 Å². The third-order valence-corrected chi connectivity index (χ3v) is 5.81. The summed E-state index contributed by atoms with van der Waals surface area (Å²) in [6.07, 6.45) is 2.92. The van der Waals surface area contributed by atoms with Crippen LogP contribution in [0.5, 0.6) is 0 Å². The number of carbonyl (C=O) groups is 1. The van der Waals surface area contributed by atoms with E-state index in [1.54, 1.807) is 6.20 Å². The zero-order valence-electron chi connectivity index (χ0n) is 13.7. The molecule has 0 bridgehead atoms. The fourth-order valence-corrected chi connectivity index (χ4v) is 4.09. The van der Waals surface area contributed by atoms with Gasteiger partial charge in [-0.15, -0.1) is 0 Å². The van der Waals surface area contributed by atoms with E-state index in [-0.39, 0.29) is 0 Å². The average Bonchev–Trinajstić information content (AvgIpc) is 2.90. The minimum absolute atomic E-state index is 0.310. The van der Waals surface area contributed by atoms with Crippen LogP contribution >= 0.6 is 0 Å². The van der Waals surface area contributed by atoms with E-state index in [1.165, 1.54) is 10.6 Å². The van der Waals surface area contributed by atoms with E-state index in [9.17, 15) is 18.3 Å². The number of hydrogen-bond acceptors (Lipinski definition) is 4. The Morgan fingerprint density at radius 1 is 1.25 bits per heavy atom. The van der Waals surface area contributed by atoms with Gasteiger partial charge >= 0.3 is 5.97 Å². The van der Waals surface area contributed by atoms with Crippen molar-refractivity contribution in [3.8, 4) is 0 Å². The fraction of sp³-hybridized carbons (Fsp3) is 0.438. The Hall–Kier alpha value is -1.90. The summed E-state index contributed by atoms with van der Waals surface area (Å²) in [5.74, 6) is -0.926. The number of piperazine rings is 1. The van der Waals surface area contributed by atoms with Gasteiger partial charge < -0.3 is 10.1 Å². The molecular formula is C16H21N3O4S. The topological polar surface area (TPSA) is 93.7 Å². The number of nitrogens with one attached hydrogen (secondary N) is 1. The Balaban J connectivity index is 1.91. The van der Waals surface area contributed by atoms with E-state index in [4.69, 9.17) is 0 Å². The van der Waals surface area contributed by atoms with Crippen LogP contribution < -0.4 is 0 Å². The number of nitrogens with zero attached hydrogens (tertiary/aromatic N) is 2. The SMILES string of the molecule is Cc1ccc2[nH]cc([C@H](C(=O)O)N3CCN(S(C)(=O)=O)CC3)c2c1. The largest absolute Gasteiger partial charge is 0.480 e. The normalized spacial score (nSPS) is 18.8. The minimum Gasteiger partial charge on any atom is -0.480 e. The Morgan fingerprint density at radius 3 is 2.50 bits per heavy atom. The molecule has 0 amide bonds. The molecule has 0 saturated carbocycles. The molecule has 8 heteroatoms. The molecule has 130 valence electrons. The summed E-state index contributed by atoms with van der Waals surface area (Å²) in [7, 11) is -3.24. The number of sulfonamides is 1. The smallest absolute Gasteiger partial charge is 0.325 e. The number of aromatic nitrogens is 1. The van der Waals surface area contributed by atoms with E-state index in [0.29, 0.717) is 31.7 Å². The van der Waals surface area contributed by atoms with Gasteiger partial charge in [0.25, 0.3) is 0 Å². The summed E-state index contributed by atoms with van der Waals surface area (Å²) in [6, 6.07) is 5.10. The van der Waals surface area contributed by atoms with Crippen molar-refractivity contribution < 1.29 is 18.3 Å². The summed E-state index contributed by atoms with van der Waals surface area (Å²) >= 11 is 0. The number of fused-ring (bicyclic) bond motifs is 1. The number of carboxylic acid groups (broad SMARTS) is 1. The van der Waals surface area contributed by atoms with Crippen molar-refractivity contribution in [2.24, 2.45) is 0 Å². The van der Waals surface area contributed by atoms with Crippen LogP contribution in [-0.2, 0) is 14.8 Å². The molecule has 0 spiro atoms. The number of aryl methyl sites for hydroxylation is 1. The zero-order chi connectivity index (χ0) is 17.5. The summed E-state index contributed by atoms with van der Waals surface area (Å²) < 4.78 is 24.6. The van der Waals surface area contributed by atoms with Crippen molar-refractivity contribution in [1.29, 1.82) is 0 Å². The Kier molecular flexibility index (Phi) is 4.37. The number of benzene rings is 1. The average molecular weight is 351 g/mol. The first kappa shape index (κ1) is 16.9. The van der Waals surface area contributed by atoms with Crippen LogP contribution in [0.15, 0.2) is 24.4 Å². The monoisotopic (exact) mass is 351 g/mol. The second-order valence-electron chi connectivity index (χ2n) is 6.23. The molecule has 2 heterocycles. The van der Waals surface area contributed by atoms with Gasteiger partial charge in [-0.1, -0.05) is 11.6 Å². The van der Waals surface area contributed by atoms with Crippen molar-refractivity contribution in [3.05, 3.63) is 35.5 Å². The lowest BCUT2D eigenvalue weighted by Gasteiger charge is -2.36. The van der Waals surface area contributed by atoms with Crippen molar-refractivity contribution in [2.75, 3.05) is 32.4 Å². The van der Waals surface area contributed by atoms with Crippen molar-refractivity contribution in [2.45, 2.75) is 13.0 Å². The fourth-order valence-electron chi connectivity index (χ4n) is 3.26. The molecule has 0 radical (unpaired) electrons. The standard InChI is InChI=1S/C16H21N3O4S/c1-11-3-4-14-12(9-11)13(10-17-14)15(16(20)21)18-5-7-19(8-6-18)24(2,22)23/h3-4,9-10,15,17H,5-8H2,1-2H3,(H,20,21)/t15-/m1/s1. The number of H-pyrrole nitrogens is 1. The summed E-state index contributed by atoms with van der Waals surface area (Å²) in [6.45, 7) is 3.37. The molecule has 2 N–H and O–H groups in total. The highest BCUT2D eigenvalue weighted by Gasteiger charge is 2.33. The maximum atomic E-state index is 11.9. The molecule has 24 heavy (non-hydrogen) atoms. The zero-order valence-corrected chi connectivity index (χ0v) is 14.5. The highest BCUT2D eigenvalue weighted by atomic mass is 32.2. The molecule has 1 atom stereocenters. The van der Waals surface area contributed by atoms with Crippen LogP contribution in [0.1, 0.15) is 17.2 Å².